The summed E-state index contributed by atoms with van der Waals surface area (Å²) in [6.45, 7) is 1.89. The van der Waals surface area contributed by atoms with E-state index in [2.05, 4.69) is 21.2 Å². The smallest absolute Gasteiger partial charge is 0.251 e. The molecule has 3 nitrogen and oxygen atoms in total. The van der Waals surface area contributed by atoms with Crippen molar-refractivity contribution >= 4 is 39.1 Å². The minimum Gasteiger partial charge on any atom is -0.398 e. The number of nitrogen functional groups attached to an aromatic ring is 1. The fourth-order valence-corrected chi connectivity index (χ4v) is 2.81. The van der Waals surface area contributed by atoms with E-state index in [1.807, 2.05) is 31.2 Å². The lowest BCUT2D eigenvalue weighted by Crippen LogP contribution is -2.27. The van der Waals surface area contributed by atoms with E-state index in [9.17, 15) is 4.79 Å². The van der Waals surface area contributed by atoms with Crippen LogP contribution in [0.3, 0.4) is 0 Å². The standard InChI is InChI=1S/C15H14BrClN2O/c1-9(13-4-2-3-5-14(13)18)19-15(20)10-6-11(16)8-12(17)7-10/h2-9H,18H2,1H3,(H,19,20). The first-order valence-corrected chi connectivity index (χ1v) is 7.26. The molecule has 104 valence electrons. The maximum atomic E-state index is 12.2. The molecule has 1 atom stereocenters. The summed E-state index contributed by atoms with van der Waals surface area (Å²) in [7, 11) is 0. The van der Waals surface area contributed by atoms with Crippen molar-refractivity contribution in [1.29, 1.82) is 0 Å². The molecule has 2 rings (SSSR count). The largest absolute Gasteiger partial charge is 0.398 e. The molecule has 2 aromatic rings. The van der Waals surface area contributed by atoms with E-state index in [0.29, 0.717) is 16.3 Å². The average Bonchev–Trinajstić information content (AvgIpc) is 2.37. The van der Waals surface area contributed by atoms with Gasteiger partial charge in [0.25, 0.3) is 5.91 Å². The van der Waals surface area contributed by atoms with Gasteiger partial charge in [-0.15, -0.1) is 0 Å². The van der Waals surface area contributed by atoms with E-state index in [0.717, 1.165) is 10.0 Å². The number of amides is 1. The molecule has 1 amide bonds. The fourth-order valence-electron chi connectivity index (χ4n) is 1.95. The molecule has 0 aromatic heterocycles. The van der Waals surface area contributed by atoms with Crippen molar-refractivity contribution < 1.29 is 4.79 Å². The van der Waals surface area contributed by atoms with Crippen molar-refractivity contribution in [3.63, 3.8) is 0 Å². The second-order valence-electron chi connectivity index (χ2n) is 4.48. The molecular weight excluding hydrogens is 340 g/mol. The molecule has 0 bridgehead atoms. The summed E-state index contributed by atoms with van der Waals surface area (Å²) in [4.78, 5) is 12.2. The molecule has 0 saturated carbocycles. The normalized spacial score (nSPS) is 11.9. The lowest BCUT2D eigenvalue weighted by atomic mass is 10.1. The molecule has 0 aliphatic rings. The molecule has 1 unspecified atom stereocenters. The summed E-state index contributed by atoms with van der Waals surface area (Å²) in [6.07, 6.45) is 0. The van der Waals surface area contributed by atoms with E-state index < -0.39 is 0 Å². The molecule has 2 aromatic carbocycles. The number of benzene rings is 2. The highest BCUT2D eigenvalue weighted by atomic mass is 79.9. The monoisotopic (exact) mass is 352 g/mol. The minimum absolute atomic E-state index is 0.179. The molecule has 0 aliphatic heterocycles. The van der Waals surface area contributed by atoms with Gasteiger partial charge in [0.1, 0.15) is 0 Å². The first-order chi connectivity index (χ1) is 9.47. The molecule has 0 fully saturated rings. The Balaban J connectivity index is 2.17. The van der Waals surface area contributed by atoms with Crippen molar-refractivity contribution in [2.45, 2.75) is 13.0 Å². The van der Waals surface area contributed by atoms with Gasteiger partial charge in [-0.2, -0.15) is 0 Å². The van der Waals surface area contributed by atoms with Crippen LogP contribution in [0, 0.1) is 0 Å². The van der Waals surface area contributed by atoms with Crippen molar-refractivity contribution in [2.24, 2.45) is 0 Å². The van der Waals surface area contributed by atoms with Crippen LogP contribution < -0.4 is 11.1 Å². The number of halogens is 2. The number of hydrogen-bond acceptors (Lipinski definition) is 2. The van der Waals surface area contributed by atoms with E-state index in [-0.39, 0.29) is 11.9 Å². The Bertz CT molecular complexity index is 625. The molecule has 20 heavy (non-hydrogen) atoms. The lowest BCUT2D eigenvalue weighted by molar-refractivity contribution is 0.0940. The molecule has 0 radical (unpaired) electrons. The predicted molar refractivity (Wildman–Crippen MR) is 85.9 cm³/mol. The van der Waals surface area contributed by atoms with E-state index >= 15 is 0 Å². The molecule has 0 aliphatic carbocycles. The van der Waals surface area contributed by atoms with Crippen LogP contribution in [0.2, 0.25) is 5.02 Å². The predicted octanol–water partition coefficient (Wildman–Crippen LogP) is 4.18. The van der Waals surface area contributed by atoms with Crippen LogP contribution in [0.5, 0.6) is 0 Å². The van der Waals surface area contributed by atoms with Crippen molar-refractivity contribution in [2.75, 3.05) is 5.73 Å². The summed E-state index contributed by atoms with van der Waals surface area (Å²) < 4.78 is 0.766. The fraction of sp³-hybridized carbons (Fsp3) is 0.133. The second-order valence-corrected chi connectivity index (χ2v) is 5.83. The Morgan fingerprint density at radius 3 is 2.65 bits per heavy atom. The summed E-state index contributed by atoms with van der Waals surface area (Å²) in [6, 6.07) is 12.4. The third-order valence-electron chi connectivity index (χ3n) is 2.93. The van der Waals surface area contributed by atoms with Crippen LogP contribution >= 0.6 is 27.5 Å². The number of carbonyl (C=O) groups is 1. The zero-order valence-electron chi connectivity index (χ0n) is 10.9. The molecule has 3 N–H and O–H groups in total. The molecular formula is C15H14BrClN2O. The molecule has 0 saturated heterocycles. The van der Waals surface area contributed by atoms with Gasteiger partial charge in [-0.05, 0) is 36.8 Å². The highest BCUT2D eigenvalue weighted by molar-refractivity contribution is 9.10. The van der Waals surface area contributed by atoms with Gasteiger partial charge in [-0.3, -0.25) is 4.79 Å². The molecule has 0 heterocycles. The van der Waals surface area contributed by atoms with Gasteiger partial charge >= 0.3 is 0 Å². The third-order valence-corrected chi connectivity index (χ3v) is 3.61. The number of anilines is 1. The van der Waals surface area contributed by atoms with Crippen LogP contribution in [-0.2, 0) is 0 Å². The second kappa shape index (κ2) is 6.29. The number of hydrogen-bond donors (Lipinski definition) is 2. The summed E-state index contributed by atoms with van der Waals surface area (Å²) in [5.74, 6) is -0.191. The zero-order chi connectivity index (χ0) is 14.7. The Kier molecular flexibility index (Phi) is 4.68. The maximum Gasteiger partial charge on any atom is 0.251 e. The first-order valence-electron chi connectivity index (χ1n) is 6.08. The molecule has 0 spiro atoms. The SMILES string of the molecule is CC(NC(=O)c1cc(Cl)cc(Br)c1)c1ccccc1N. The number of carbonyl (C=O) groups excluding carboxylic acids is 1. The van der Waals surface area contributed by atoms with Gasteiger partial charge in [0.2, 0.25) is 0 Å². The topological polar surface area (TPSA) is 55.1 Å². The highest BCUT2D eigenvalue weighted by Gasteiger charge is 2.14. The van der Waals surface area contributed by atoms with Crippen molar-refractivity contribution in [3.8, 4) is 0 Å². The van der Waals surface area contributed by atoms with Gasteiger partial charge in [0.15, 0.2) is 0 Å². The van der Waals surface area contributed by atoms with E-state index in [1.54, 1.807) is 18.2 Å². The Labute approximate surface area is 131 Å². The van der Waals surface area contributed by atoms with Crippen LogP contribution in [0.4, 0.5) is 5.69 Å². The number of nitrogens with two attached hydrogens (primary N) is 1. The third kappa shape index (κ3) is 3.52. The van der Waals surface area contributed by atoms with Crippen molar-refractivity contribution in [3.05, 3.63) is 63.1 Å². The Morgan fingerprint density at radius 2 is 2.00 bits per heavy atom. The molecule has 5 heteroatoms. The van der Waals surface area contributed by atoms with Crippen LogP contribution in [0.15, 0.2) is 46.9 Å². The van der Waals surface area contributed by atoms with E-state index in [4.69, 9.17) is 17.3 Å². The zero-order valence-corrected chi connectivity index (χ0v) is 13.2. The number of nitrogens with one attached hydrogen (secondary N) is 1. The summed E-state index contributed by atoms with van der Waals surface area (Å²) in [5, 5.41) is 3.42. The van der Waals surface area contributed by atoms with Gasteiger partial charge < -0.3 is 11.1 Å². The minimum atomic E-state index is -0.191. The first kappa shape index (κ1) is 14.9. The Hall–Kier alpha value is -1.52. The summed E-state index contributed by atoms with van der Waals surface area (Å²) in [5.41, 5.74) is 7.96. The Morgan fingerprint density at radius 1 is 1.30 bits per heavy atom. The van der Waals surface area contributed by atoms with Crippen LogP contribution in [0.25, 0.3) is 0 Å². The van der Waals surface area contributed by atoms with Gasteiger partial charge in [0, 0.05) is 20.7 Å². The van der Waals surface area contributed by atoms with Crippen LogP contribution in [0.1, 0.15) is 28.9 Å². The van der Waals surface area contributed by atoms with Gasteiger partial charge in [0.05, 0.1) is 6.04 Å². The van der Waals surface area contributed by atoms with Gasteiger partial charge in [-0.25, -0.2) is 0 Å². The van der Waals surface area contributed by atoms with E-state index in [1.165, 1.54) is 0 Å². The van der Waals surface area contributed by atoms with Crippen LogP contribution in [-0.4, -0.2) is 5.91 Å². The van der Waals surface area contributed by atoms with Crippen molar-refractivity contribution in [1.82, 2.24) is 5.32 Å². The lowest BCUT2D eigenvalue weighted by Gasteiger charge is -2.16. The maximum absolute atomic E-state index is 12.2. The number of para-hydroxylation sites is 1. The average molecular weight is 354 g/mol. The summed E-state index contributed by atoms with van der Waals surface area (Å²) >= 11 is 9.26. The highest BCUT2D eigenvalue weighted by Crippen LogP contribution is 2.22. The van der Waals surface area contributed by atoms with Gasteiger partial charge in [-0.1, -0.05) is 45.7 Å². The number of rotatable bonds is 3. The quantitative estimate of drug-likeness (QED) is 0.813.